The van der Waals surface area contributed by atoms with E-state index in [1.807, 2.05) is 12.1 Å². The van der Waals surface area contributed by atoms with Crippen LogP contribution in [0.5, 0.6) is 0 Å². The summed E-state index contributed by atoms with van der Waals surface area (Å²) in [6, 6.07) is 10.1. The van der Waals surface area contributed by atoms with Gasteiger partial charge in [-0.25, -0.2) is 0 Å². The topological polar surface area (TPSA) is 12.0 Å². The summed E-state index contributed by atoms with van der Waals surface area (Å²) in [5.41, 5.74) is 1.11. The molecule has 1 aromatic heterocycles. The Morgan fingerprint density at radius 1 is 1.28 bits per heavy atom. The molecule has 2 aromatic rings. The van der Waals surface area contributed by atoms with Crippen LogP contribution in [0, 0.1) is 0 Å². The molecule has 1 nitrogen and oxygen atoms in total. The molecule has 0 aliphatic rings. The predicted octanol–water partition coefficient (Wildman–Crippen LogP) is 5.30. The van der Waals surface area contributed by atoms with Crippen molar-refractivity contribution < 1.29 is 0 Å². The lowest BCUT2D eigenvalue weighted by molar-refractivity contribution is 0.522. The van der Waals surface area contributed by atoms with E-state index in [-0.39, 0.29) is 6.04 Å². The number of nitrogens with one attached hydrogen (secondary N) is 1. The van der Waals surface area contributed by atoms with Gasteiger partial charge in [0.15, 0.2) is 0 Å². The maximum absolute atomic E-state index is 6.24. The summed E-state index contributed by atoms with van der Waals surface area (Å²) in [5.74, 6) is 0. The van der Waals surface area contributed by atoms with Crippen LogP contribution in [0.4, 0.5) is 0 Å². The average Bonchev–Trinajstić information content (AvgIpc) is 2.85. The molecule has 1 N–H and O–H groups in total. The van der Waals surface area contributed by atoms with Crippen molar-refractivity contribution in [3.8, 4) is 0 Å². The van der Waals surface area contributed by atoms with E-state index in [1.165, 1.54) is 4.88 Å². The zero-order valence-corrected chi connectivity index (χ0v) is 12.4. The van der Waals surface area contributed by atoms with Crippen molar-refractivity contribution in [2.75, 3.05) is 0 Å². The van der Waals surface area contributed by atoms with E-state index in [2.05, 4.69) is 29.8 Å². The van der Waals surface area contributed by atoms with Crippen LogP contribution in [0.15, 0.2) is 35.7 Å². The number of hydrogen-bond donors (Lipinski definition) is 1. The molecule has 1 heterocycles. The van der Waals surface area contributed by atoms with Crippen molar-refractivity contribution in [1.82, 2.24) is 5.32 Å². The molecule has 18 heavy (non-hydrogen) atoms. The Morgan fingerprint density at radius 2 is 2.11 bits per heavy atom. The lowest BCUT2D eigenvalue weighted by Crippen LogP contribution is -2.20. The molecule has 0 aliphatic heterocycles. The maximum atomic E-state index is 6.24. The summed E-state index contributed by atoms with van der Waals surface area (Å²) in [6.07, 6.45) is 0.993. The molecule has 1 aromatic carbocycles. The lowest BCUT2D eigenvalue weighted by atomic mass is 10.0. The van der Waals surface area contributed by atoms with Gasteiger partial charge in [-0.3, -0.25) is 0 Å². The Balaban J connectivity index is 2.08. The molecular weight excluding hydrogens is 285 g/mol. The molecule has 4 heteroatoms. The standard InChI is InChI=1S/C14H15Cl2NS/c1-2-14(17-9-11-4-3-7-18-11)12-6-5-10(15)8-13(12)16/h3-8,14,17H,2,9H2,1H3. The first-order chi connectivity index (χ1) is 8.70. The van der Waals surface area contributed by atoms with E-state index in [1.54, 1.807) is 17.4 Å². The van der Waals surface area contributed by atoms with Gasteiger partial charge in [0.05, 0.1) is 0 Å². The van der Waals surface area contributed by atoms with Gasteiger partial charge < -0.3 is 5.32 Å². The molecule has 0 fully saturated rings. The summed E-state index contributed by atoms with van der Waals surface area (Å²) < 4.78 is 0. The predicted molar refractivity (Wildman–Crippen MR) is 80.7 cm³/mol. The van der Waals surface area contributed by atoms with Crippen LogP contribution < -0.4 is 5.32 Å². The smallest absolute Gasteiger partial charge is 0.0468 e. The molecule has 1 unspecified atom stereocenters. The Kier molecular flexibility index (Phi) is 5.07. The zero-order chi connectivity index (χ0) is 13.0. The SMILES string of the molecule is CCC(NCc1cccs1)c1ccc(Cl)cc1Cl. The van der Waals surface area contributed by atoms with Crippen LogP contribution in [0.25, 0.3) is 0 Å². The highest BCUT2D eigenvalue weighted by molar-refractivity contribution is 7.09. The van der Waals surface area contributed by atoms with E-state index < -0.39 is 0 Å². The van der Waals surface area contributed by atoms with E-state index in [0.717, 1.165) is 23.6 Å². The van der Waals surface area contributed by atoms with Gasteiger partial charge in [-0.2, -0.15) is 0 Å². The highest BCUT2D eigenvalue weighted by Crippen LogP contribution is 2.28. The molecular formula is C14H15Cl2NS. The van der Waals surface area contributed by atoms with Crippen LogP contribution >= 0.6 is 34.5 Å². The van der Waals surface area contributed by atoms with Gasteiger partial charge in [-0.15, -0.1) is 11.3 Å². The lowest BCUT2D eigenvalue weighted by Gasteiger charge is -2.18. The first kappa shape index (κ1) is 13.9. The van der Waals surface area contributed by atoms with Crippen molar-refractivity contribution in [3.63, 3.8) is 0 Å². The Morgan fingerprint density at radius 3 is 2.72 bits per heavy atom. The molecule has 0 spiro atoms. The molecule has 0 aliphatic carbocycles. The molecule has 0 amide bonds. The number of rotatable bonds is 5. The van der Waals surface area contributed by atoms with Gasteiger partial charge in [-0.1, -0.05) is 42.3 Å². The van der Waals surface area contributed by atoms with Crippen molar-refractivity contribution in [2.45, 2.75) is 25.9 Å². The maximum Gasteiger partial charge on any atom is 0.0468 e. The highest BCUT2D eigenvalue weighted by Gasteiger charge is 2.12. The van der Waals surface area contributed by atoms with E-state index >= 15 is 0 Å². The van der Waals surface area contributed by atoms with Gasteiger partial charge in [0, 0.05) is 27.5 Å². The highest BCUT2D eigenvalue weighted by atomic mass is 35.5. The minimum absolute atomic E-state index is 0.261. The number of hydrogen-bond acceptors (Lipinski definition) is 2. The third kappa shape index (κ3) is 3.48. The number of benzene rings is 1. The first-order valence-corrected chi connectivity index (χ1v) is 7.55. The average molecular weight is 300 g/mol. The minimum atomic E-state index is 0.261. The van der Waals surface area contributed by atoms with Crippen molar-refractivity contribution in [3.05, 3.63) is 56.2 Å². The molecule has 96 valence electrons. The van der Waals surface area contributed by atoms with Crippen LogP contribution in [0.1, 0.15) is 29.8 Å². The van der Waals surface area contributed by atoms with Crippen LogP contribution in [0.2, 0.25) is 10.0 Å². The fourth-order valence-electron chi connectivity index (χ4n) is 1.90. The van der Waals surface area contributed by atoms with Crippen LogP contribution in [-0.4, -0.2) is 0 Å². The normalized spacial score (nSPS) is 12.6. The van der Waals surface area contributed by atoms with Crippen LogP contribution in [0.3, 0.4) is 0 Å². The third-order valence-electron chi connectivity index (χ3n) is 2.85. The monoisotopic (exact) mass is 299 g/mol. The fourth-order valence-corrected chi connectivity index (χ4v) is 3.09. The second kappa shape index (κ2) is 6.58. The molecule has 1 atom stereocenters. The van der Waals surface area contributed by atoms with Crippen LogP contribution in [-0.2, 0) is 6.54 Å². The fraction of sp³-hybridized carbons (Fsp3) is 0.286. The summed E-state index contributed by atoms with van der Waals surface area (Å²) in [4.78, 5) is 1.33. The second-order valence-electron chi connectivity index (χ2n) is 4.09. The number of thiophene rings is 1. The Bertz CT molecular complexity index is 497. The molecule has 2 rings (SSSR count). The summed E-state index contributed by atoms with van der Waals surface area (Å²) in [5, 5.41) is 7.03. The molecule has 0 bridgehead atoms. The van der Waals surface area contributed by atoms with E-state index in [4.69, 9.17) is 23.2 Å². The quantitative estimate of drug-likeness (QED) is 0.790. The van der Waals surface area contributed by atoms with Crippen molar-refractivity contribution in [1.29, 1.82) is 0 Å². The van der Waals surface area contributed by atoms with Gasteiger partial charge in [0.1, 0.15) is 0 Å². The molecule has 0 saturated heterocycles. The molecule has 0 saturated carbocycles. The van der Waals surface area contributed by atoms with Gasteiger partial charge in [-0.05, 0) is 35.6 Å². The summed E-state index contributed by atoms with van der Waals surface area (Å²) >= 11 is 13.9. The molecule has 0 radical (unpaired) electrons. The first-order valence-electron chi connectivity index (χ1n) is 5.91. The van der Waals surface area contributed by atoms with E-state index in [9.17, 15) is 0 Å². The van der Waals surface area contributed by atoms with E-state index in [0.29, 0.717) is 5.02 Å². The van der Waals surface area contributed by atoms with Gasteiger partial charge >= 0.3 is 0 Å². The zero-order valence-electron chi connectivity index (χ0n) is 10.1. The second-order valence-corrected chi connectivity index (χ2v) is 5.96. The summed E-state index contributed by atoms with van der Waals surface area (Å²) in [6.45, 7) is 3.02. The minimum Gasteiger partial charge on any atom is -0.305 e. The van der Waals surface area contributed by atoms with Crippen molar-refractivity contribution in [2.24, 2.45) is 0 Å². The Hall–Kier alpha value is -0.540. The third-order valence-corrected chi connectivity index (χ3v) is 4.29. The largest absolute Gasteiger partial charge is 0.305 e. The van der Waals surface area contributed by atoms with Gasteiger partial charge in [0.2, 0.25) is 0 Å². The van der Waals surface area contributed by atoms with Crippen molar-refractivity contribution >= 4 is 34.5 Å². The summed E-state index contributed by atoms with van der Waals surface area (Å²) in [7, 11) is 0. The van der Waals surface area contributed by atoms with Gasteiger partial charge in [0.25, 0.3) is 0 Å². The Labute approximate surface area is 122 Å². The number of halogens is 2.